The second-order valence-electron chi connectivity index (χ2n) is 5.13. The van der Waals surface area contributed by atoms with Crippen molar-refractivity contribution in [2.45, 2.75) is 32.6 Å². The van der Waals surface area contributed by atoms with Crippen LogP contribution in [0.4, 0.5) is 0 Å². The number of amides is 1. The van der Waals surface area contributed by atoms with Crippen LogP contribution in [0.5, 0.6) is 0 Å². The van der Waals surface area contributed by atoms with E-state index in [9.17, 15) is 4.79 Å². The van der Waals surface area contributed by atoms with Crippen molar-refractivity contribution in [3.63, 3.8) is 0 Å². The third-order valence-electron chi connectivity index (χ3n) is 3.76. The Morgan fingerprint density at radius 2 is 2.00 bits per heavy atom. The second-order valence-corrected chi connectivity index (χ2v) is 5.13. The van der Waals surface area contributed by atoms with Gasteiger partial charge in [0, 0.05) is 24.4 Å². The van der Waals surface area contributed by atoms with Crippen LogP contribution in [-0.2, 0) is 0 Å². The molecule has 1 radical (unpaired) electrons. The first-order valence-electron chi connectivity index (χ1n) is 7.05. The molecular weight excluding hydrogens is 236 g/mol. The van der Waals surface area contributed by atoms with Gasteiger partial charge in [-0.05, 0) is 43.4 Å². The summed E-state index contributed by atoms with van der Waals surface area (Å²) in [5.41, 5.74) is 1.60. The van der Waals surface area contributed by atoms with E-state index >= 15 is 0 Å². The first-order chi connectivity index (χ1) is 9.22. The molecule has 1 fully saturated rings. The molecule has 3 heteroatoms. The lowest BCUT2D eigenvalue weighted by Crippen LogP contribution is -2.40. The van der Waals surface area contributed by atoms with Gasteiger partial charge in [0.1, 0.15) is 0 Å². The number of nitrogens with one attached hydrogen (secondary N) is 1. The van der Waals surface area contributed by atoms with Crippen LogP contribution in [0.3, 0.4) is 0 Å². The third kappa shape index (κ3) is 3.43. The van der Waals surface area contributed by atoms with Crippen LogP contribution in [0, 0.1) is 17.4 Å². The highest BCUT2D eigenvalue weighted by atomic mass is 16.2. The quantitative estimate of drug-likeness (QED) is 0.827. The summed E-state index contributed by atoms with van der Waals surface area (Å²) in [6.07, 6.45) is 3.80. The molecule has 1 aliphatic rings. The van der Waals surface area contributed by atoms with Crippen molar-refractivity contribution in [1.29, 1.82) is 5.41 Å². The van der Waals surface area contributed by atoms with Crippen LogP contribution in [0.1, 0.15) is 43.0 Å². The van der Waals surface area contributed by atoms with Crippen LogP contribution in [-0.4, -0.2) is 29.6 Å². The van der Waals surface area contributed by atoms with Crippen LogP contribution in [0.15, 0.2) is 24.3 Å². The minimum absolute atomic E-state index is 0.106. The zero-order chi connectivity index (χ0) is 13.7. The van der Waals surface area contributed by atoms with Crippen LogP contribution >= 0.6 is 0 Å². The highest BCUT2D eigenvalue weighted by molar-refractivity contribution is 5.94. The normalized spacial score (nSPS) is 16.4. The van der Waals surface area contributed by atoms with Gasteiger partial charge in [-0.3, -0.25) is 4.79 Å². The van der Waals surface area contributed by atoms with Gasteiger partial charge in [0.2, 0.25) is 0 Å². The lowest BCUT2D eigenvalue weighted by molar-refractivity contribution is 0.0709. The number of piperidine rings is 1. The van der Waals surface area contributed by atoms with E-state index in [4.69, 9.17) is 5.41 Å². The molecule has 0 aliphatic carbocycles. The van der Waals surface area contributed by atoms with Gasteiger partial charge < -0.3 is 10.3 Å². The molecule has 1 amide bonds. The maximum absolute atomic E-state index is 12.3. The number of hydrogen-bond donors (Lipinski definition) is 1. The number of nitrogens with zero attached hydrogens (tertiary/aromatic N) is 1. The molecule has 0 bridgehead atoms. The molecule has 1 heterocycles. The van der Waals surface area contributed by atoms with Gasteiger partial charge in [-0.2, -0.15) is 0 Å². The van der Waals surface area contributed by atoms with Gasteiger partial charge in [0.25, 0.3) is 5.91 Å². The van der Waals surface area contributed by atoms with Crippen molar-refractivity contribution in [3.05, 3.63) is 35.9 Å². The van der Waals surface area contributed by atoms with Gasteiger partial charge in [-0.1, -0.05) is 25.5 Å². The zero-order valence-corrected chi connectivity index (χ0v) is 11.5. The Hall–Kier alpha value is -1.64. The van der Waals surface area contributed by atoms with Crippen molar-refractivity contribution >= 4 is 11.6 Å². The fraction of sp³-hybridized carbons (Fsp3) is 0.500. The maximum Gasteiger partial charge on any atom is 0.253 e. The Balaban J connectivity index is 1.90. The molecule has 19 heavy (non-hydrogen) atoms. The molecule has 1 aromatic carbocycles. The number of benzene rings is 1. The van der Waals surface area contributed by atoms with E-state index in [-0.39, 0.29) is 5.91 Å². The van der Waals surface area contributed by atoms with Crippen molar-refractivity contribution < 1.29 is 4.79 Å². The second kappa shape index (κ2) is 6.50. The number of rotatable bonds is 4. The first-order valence-corrected chi connectivity index (χ1v) is 7.05. The van der Waals surface area contributed by atoms with Gasteiger partial charge >= 0.3 is 0 Å². The van der Waals surface area contributed by atoms with Gasteiger partial charge in [0.15, 0.2) is 0 Å². The largest absolute Gasteiger partial charge is 0.339 e. The molecule has 0 saturated carbocycles. The zero-order valence-electron chi connectivity index (χ0n) is 11.5. The van der Waals surface area contributed by atoms with E-state index in [2.05, 4.69) is 13.0 Å². The smallest absolute Gasteiger partial charge is 0.253 e. The average Bonchev–Trinajstić information content (AvgIpc) is 2.48. The summed E-state index contributed by atoms with van der Waals surface area (Å²) in [5, 5.41) is 8.01. The summed E-state index contributed by atoms with van der Waals surface area (Å²) in [4.78, 5) is 14.2. The Kier molecular flexibility index (Phi) is 4.72. The standard InChI is InChI=1S/C16H21N2O/c1-2-6-15(17)13-9-11-18(12-10-13)16(19)14-7-4-3-5-8-14/h4-5,7-8,13,17H,2,6,9-12H2,1H3. The topological polar surface area (TPSA) is 44.2 Å². The maximum atomic E-state index is 12.3. The molecule has 1 aliphatic heterocycles. The highest BCUT2D eigenvalue weighted by Gasteiger charge is 2.25. The van der Waals surface area contributed by atoms with Gasteiger partial charge in [-0.25, -0.2) is 0 Å². The summed E-state index contributed by atoms with van der Waals surface area (Å²) in [5.74, 6) is 0.488. The summed E-state index contributed by atoms with van der Waals surface area (Å²) in [7, 11) is 0. The average molecular weight is 257 g/mol. The van der Waals surface area contributed by atoms with Crippen molar-refractivity contribution in [1.82, 2.24) is 4.90 Å². The summed E-state index contributed by atoms with van der Waals surface area (Å²) in [6, 6.07) is 10.1. The molecule has 0 atom stereocenters. The summed E-state index contributed by atoms with van der Waals surface area (Å²) < 4.78 is 0. The van der Waals surface area contributed by atoms with Crippen molar-refractivity contribution in [3.8, 4) is 0 Å². The van der Waals surface area contributed by atoms with Crippen molar-refractivity contribution in [2.24, 2.45) is 5.92 Å². The molecule has 1 aromatic rings. The number of hydrogen-bond acceptors (Lipinski definition) is 2. The molecule has 2 rings (SSSR count). The first kappa shape index (κ1) is 13.8. The van der Waals surface area contributed by atoms with Crippen LogP contribution in [0.25, 0.3) is 0 Å². The predicted molar refractivity (Wildman–Crippen MR) is 76.5 cm³/mol. The Labute approximate surface area is 115 Å². The van der Waals surface area contributed by atoms with E-state index in [1.165, 1.54) is 0 Å². The van der Waals surface area contributed by atoms with E-state index < -0.39 is 0 Å². The highest BCUT2D eigenvalue weighted by Crippen LogP contribution is 2.21. The fourth-order valence-corrected chi connectivity index (χ4v) is 2.62. The van der Waals surface area contributed by atoms with Crippen LogP contribution < -0.4 is 0 Å². The molecule has 0 unspecified atom stereocenters. The molecule has 0 aromatic heterocycles. The Morgan fingerprint density at radius 1 is 1.37 bits per heavy atom. The Morgan fingerprint density at radius 3 is 2.58 bits per heavy atom. The number of likely N-dealkylation sites (tertiary alicyclic amines) is 1. The summed E-state index contributed by atoms with van der Waals surface area (Å²) in [6.45, 7) is 3.65. The lowest BCUT2D eigenvalue weighted by atomic mass is 9.89. The predicted octanol–water partition coefficient (Wildman–Crippen LogP) is 3.16. The Bertz CT molecular complexity index is 433. The molecule has 3 nitrogen and oxygen atoms in total. The van der Waals surface area contributed by atoms with Crippen molar-refractivity contribution in [2.75, 3.05) is 13.1 Å². The van der Waals surface area contributed by atoms with E-state index in [1.807, 2.05) is 17.0 Å². The minimum Gasteiger partial charge on any atom is -0.339 e. The van der Waals surface area contributed by atoms with Gasteiger partial charge in [-0.15, -0.1) is 0 Å². The minimum atomic E-state index is 0.106. The SMILES string of the molecule is CCCC(=N)C1CCN(C(=O)c2cc[c]cc2)CC1. The number of carbonyl (C=O) groups excluding carboxylic acids is 1. The molecule has 1 N–H and O–H groups in total. The third-order valence-corrected chi connectivity index (χ3v) is 3.76. The lowest BCUT2D eigenvalue weighted by Gasteiger charge is -2.32. The van der Waals surface area contributed by atoms with Crippen LogP contribution in [0.2, 0.25) is 0 Å². The van der Waals surface area contributed by atoms with Gasteiger partial charge in [0.05, 0.1) is 0 Å². The molecule has 0 spiro atoms. The monoisotopic (exact) mass is 257 g/mol. The summed E-state index contributed by atoms with van der Waals surface area (Å²) >= 11 is 0. The molecule has 101 valence electrons. The van der Waals surface area contributed by atoms with E-state index in [0.29, 0.717) is 5.92 Å². The van der Waals surface area contributed by atoms with E-state index in [0.717, 1.165) is 50.0 Å². The fourth-order valence-electron chi connectivity index (χ4n) is 2.62. The number of carbonyl (C=O) groups is 1. The van der Waals surface area contributed by atoms with E-state index in [1.54, 1.807) is 12.1 Å². The molecular formula is C16H21N2O. The molecule has 1 saturated heterocycles.